The molecule has 1 amide bonds. The Morgan fingerprint density at radius 1 is 1.03 bits per heavy atom. The van der Waals surface area contributed by atoms with Crippen molar-refractivity contribution in [1.29, 1.82) is 0 Å². The molecule has 6 nitrogen and oxygen atoms in total. The molecule has 2 saturated carbocycles. The Balaban J connectivity index is 1.18. The first kappa shape index (κ1) is 22.4. The average Bonchev–Trinajstić information content (AvgIpc) is 3.41. The number of carbonyl (C=O) groups excluding carboxylic acids is 1. The van der Waals surface area contributed by atoms with E-state index in [1.165, 1.54) is 49.8 Å². The summed E-state index contributed by atoms with van der Waals surface area (Å²) in [6, 6.07) is 3.55. The zero-order valence-electron chi connectivity index (χ0n) is 19.6. The standard InChI is InChI=1S/C25H38N4O2S/c1-17-22-16-23(32-25(22)29(27-17)20-6-4-3-5-7-20)24(30)26-18-8-10-19(11-9-18)28-14-12-21(31-2)13-15-28/h16,18-21H,3-15H2,1-2H3,(H,26,30). The van der Waals surface area contributed by atoms with E-state index in [0.29, 0.717) is 24.2 Å². The van der Waals surface area contributed by atoms with Crippen molar-refractivity contribution in [3.63, 3.8) is 0 Å². The van der Waals surface area contributed by atoms with Gasteiger partial charge in [0.05, 0.1) is 22.7 Å². The molecule has 176 valence electrons. The van der Waals surface area contributed by atoms with E-state index in [2.05, 4.69) is 27.9 Å². The van der Waals surface area contributed by atoms with Crippen LogP contribution >= 0.6 is 11.3 Å². The Morgan fingerprint density at radius 2 is 1.75 bits per heavy atom. The van der Waals surface area contributed by atoms with E-state index in [4.69, 9.17) is 9.84 Å². The fraction of sp³-hybridized carbons (Fsp3) is 0.760. The molecular formula is C25H38N4O2S. The highest BCUT2D eigenvalue weighted by Gasteiger charge is 2.30. The number of hydrogen-bond donors (Lipinski definition) is 1. The number of rotatable bonds is 5. The van der Waals surface area contributed by atoms with Crippen molar-refractivity contribution in [3.05, 3.63) is 16.6 Å². The summed E-state index contributed by atoms with van der Waals surface area (Å²) < 4.78 is 7.74. The third kappa shape index (κ3) is 4.62. The molecule has 2 aromatic rings. The van der Waals surface area contributed by atoms with Crippen molar-refractivity contribution in [2.24, 2.45) is 0 Å². The highest BCUT2D eigenvalue weighted by Crippen LogP contribution is 2.35. The summed E-state index contributed by atoms with van der Waals surface area (Å²) in [4.78, 5) is 17.8. The smallest absolute Gasteiger partial charge is 0.261 e. The number of nitrogens with zero attached hydrogens (tertiary/aromatic N) is 3. The molecule has 3 fully saturated rings. The minimum atomic E-state index is 0.102. The van der Waals surface area contributed by atoms with Crippen molar-refractivity contribution >= 4 is 27.5 Å². The largest absolute Gasteiger partial charge is 0.381 e. The molecule has 3 aliphatic rings. The van der Waals surface area contributed by atoms with Gasteiger partial charge in [0.1, 0.15) is 4.83 Å². The van der Waals surface area contributed by atoms with Gasteiger partial charge in [-0.2, -0.15) is 5.10 Å². The Hall–Kier alpha value is -1.44. The molecule has 2 aliphatic carbocycles. The summed E-state index contributed by atoms with van der Waals surface area (Å²) in [5.41, 5.74) is 1.05. The van der Waals surface area contributed by atoms with Gasteiger partial charge in [-0.05, 0) is 64.4 Å². The number of piperidine rings is 1. The summed E-state index contributed by atoms with van der Waals surface area (Å²) >= 11 is 1.63. The Labute approximate surface area is 195 Å². The molecule has 0 bridgehead atoms. The van der Waals surface area contributed by atoms with Gasteiger partial charge < -0.3 is 15.0 Å². The zero-order valence-corrected chi connectivity index (χ0v) is 20.5. The molecule has 1 N–H and O–H groups in total. The second kappa shape index (κ2) is 9.82. The number of thiophene rings is 1. The van der Waals surface area contributed by atoms with Crippen LogP contribution in [0, 0.1) is 6.92 Å². The van der Waals surface area contributed by atoms with Gasteiger partial charge in [0, 0.05) is 37.7 Å². The predicted octanol–water partition coefficient (Wildman–Crippen LogP) is 5.06. The topological polar surface area (TPSA) is 59.4 Å². The lowest BCUT2D eigenvalue weighted by Crippen LogP contribution is -2.47. The first-order valence-corrected chi connectivity index (χ1v) is 13.5. The summed E-state index contributed by atoms with van der Waals surface area (Å²) in [5, 5.41) is 9.34. The van der Waals surface area contributed by atoms with Gasteiger partial charge in [-0.25, -0.2) is 0 Å². The lowest BCUT2D eigenvalue weighted by molar-refractivity contribution is 0.0193. The zero-order chi connectivity index (χ0) is 22.1. The number of nitrogens with one attached hydrogen (secondary N) is 1. The third-order valence-corrected chi connectivity index (χ3v) is 9.19. The van der Waals surface area contributed by atoms with Crippen LogP contribution in [-0.4, -0.2) is 59.0 Å². The second-order valence-corrected chi connectivity index (χ2v) is 11.1. The first-order chi connectivity index (χ1) is 15.6. The van der Waals surface area contributed by atoms with Gasteiger partial charge in [-0.15, -0.1) is 11.3 Å². The molecule has 3 heterocycles. The van der Waals surface area contributed by atoms with E-state index in [0.717, 1.165) is 54.7 Å². The summed E-state index contributed by atoms with van der Waals surface area (Å²) in [5.74, 6) is 0.102. The van der Waals surface area contributed by atoms with Crippen molar-refractivity contribution in [2.75, 3.05) is 20.2 Å². The second-order valence-electron chi connectivity index (χ2n) is 10.1. The summed E-state index contributed by atoms with van der Waals surface area (Å²) in [6.45, 7) is 4.38. The molecule has 0 unspecified atom stereocenters. The number of carbonyl (C=O) groups is 1. The lowest BCUT2D eigenvalue weighted by Gasteiger charge is -2.40. The highest BCUT2D eigenvalue weighted by atomic mass is 32.1. The van der Waals surface area contributed by atoms with Gasteiger partial charge in [0.25, 0.3) is 5.91 Å². The molecular weight excluding hydrogens is 420 g/mol. The van der Waals surface area contributed by atoms with Crippen LogP contribution in [0.5, 0.6) is 0 Å². The fourth-order valence-electron chi connectivity index (χ4n) is 6.08. The van der Waals surface area contributed by atoms with Gasteiger partial charge in [-0.3, -0.25) is 9.48 Å². The number of hydrogen-bond acceptors (Lipinski definition) is 5. The third-order valence-electron chi connectivity index (χ3n) is 8.07. The molecule has 0 atom stereocenters. The normalized spacial score (nSPS) is 26.6. The molecule has 0 aromatic carbocycles. The number of methoxy groups -OCH3 is 1. The van der Waals surface area contributed by atoms with Crippen molar-refractivity contribution in [2.45, 2.75) is 102 Å². The molecule has 7 heteroatoms. The molecule has 0 spiro atoms. The first-order valence-electron chi connectivity index (χ1n) is 12.7. The van der Waals surface area contributed by atoms with Crippen LogP contribution in [0.2, 0.25) is 0 Å². The monoisotopic (exact) mass is 458 g/mol. The Kier molecular flexibility index (Phi) is 6.86. The van der Waals surface area contributed by atoms with Crippen molar-refractivity contribution < 1.29 is 9.53 Å². The predicted molar refractivity (Wildman–Crippen MR) is 130 cm³/mol. The lowest BCUT2D eigenvalue weighted by atomic mass is 9.89. The number of fused-ring (bicyclic) bond motifs is 1. The van der Waals surface area contributed by atoms with Crippen LogP contribution < -0.4 is 5.32 Å². The Bertz CT molecular complexity index is 916. The van der Waals surface area contributed by atoms with E-state index in [-0.39, 0.29) is 5.91 Å². The van der Waals surface area contributed by atoms with Crippen LogP contribution in [-0.2, 0) is 4.74 Å². The van der Waals surface area contributed by atoms with Crippen LogP contribution in [0.15, 0.2) is 6.07 Å². The van der Waals surface area contributed by atoms with Crippen LogP contribution in [0.25, 0.3) is 10.2 Å². The van der Waals surface area contributed by atoms with Crippen molar-refractivity contribution in [1.82, 2.24) is 20.0 Å². The van der Waals surface area contributed by atoms with Gasteiger partial charge in [0.2, 0.25) is 0 Å². The number of likely N-dealkylation sites (tertiary alicyclic amines) is 1. The molecule has 1 saturated heterocycles. The molecule has 1 aliphatic heterocycles. The van der Waals surface area contributed by atoms with E-state index in [1.54, 1.807) is 11.3 Å². The van der Waals surface area contributed by atoms with Crippen LogP contribution in [0.1, 0.15) is 92.0 Å². The Morgan fingerprint density at radius 3 is 2.44 bits per heavy atom. The quantitative estimate of drug-likeness (QED) is 0.680. The molecule has 0 radical (unpaired) electrons. The molecule has 5 rings (SSSR count). The molecule has 2 aromatic heterocycles. The number of amides is 1. The number of aryl methyl sites for hydroxylation is 1. The minimum absolute atomic E-state index is 0.102. The summed E-state index contributed by atoms with van der Waals surface area (Å²) in [7, 11) is 1.83. The number of aromatic nitrogens is 2. The average molecular weight is 459 g/mol. The number of ether oxygens (including phenoxy) is 1. The maximum absolute atomic E-state index is 13.1. The van der Waals surface area contributed by atoms with Crippen LogP contribution in [0.4, 0.5) is 0 Å². The van der Waals surface area contributed by atoms with Gasteiger partial charge in [0.15, 0.2) is 0 Å². The molecule has 32 heavy (non-hydrogen) atoms. The van der Waals surface area contributed by atoms with Crippen LogP contribution in [0.3, 0.4) is 0 Å². The maximum atomic E-state index is 13.1. The van der Waals surface area contributed by atoms with Gasteiger partial charge in [-0.1, -0.05) is 19.3 Å². The van der Waals surface area contributed by atoms with E-state index < -0.39 is 0 Å². The summed E-state index contributed by atoms with van der Waals surface area (Å²) in [6.07, 6.45) is 13.6. The van der Waals surface area contributed by atoms with E-state index >= 15 is 0 Å². The van der Waals surface area contributed by atoms with Gasteiger partial charge >= 0.3 is 0 Å². The van der Waals surface area contributed by atoms with E-state index in [1.807, 2.05) is 7.11 Å². The SMILES string of the molecule is COC1CCN(C2CCC(NC(=O)c3cc4c(C)nn(C5CCCCC5)c4s3)CC2)CC1. The fourth-order valence-corrected chi connectivity index (χ4v) is 7.21. The highest BCUT2D eigenvalue weighted by molar-refractivity contribution is 7.20. The van der Waals surface area contributed by atoms with Crippen molar-refractivity contribution in [3.8, 4) is 0 Å². The van der Waals surface area contributed by atoms with E-state index in [9.17, 15) is 4.79 Å². The minimum Gasteiger partial charge on any atom is -0.381 e. The maximum Gasteiger partial charge on any atom is 0.261 e.